The van der Waals surface area contributed by atoms with E-state index in [1.165, 1.54) is 4.90 Å². The summed E-state index contributed by atoms with van der Waals surface area (Å²) < 4.78 is 29.0. The lowest BCUT2D eigenvalue weighted by Crippen LogP contribution is -2.60. The van der Waals surface area contributed by atoms with E-state index in [0.29, 0.717) is 72.5 Å². The van der Waals surface area contributed by atoms with Gasteiger partial charge in [-0.15, -0.1) is 20.2 Å². The van der Waals surface area contributed by atoms with Crippen LogP contribution in [-0.4, -0.2) is 115 Å². The van der Waals surface area contributed by atoms with E-state index in [1.807, 2.05) is 69.0 Å². The van der Waals surface area contributed by atoms with Crippen molar-refractivity contribution in [1.29, 1.82) is 0 Å². The van der Waals surface area contributed by atoms with E-state index in [2.05, 4.69) is 15.7 Å². The summed E-state index contributed by atoms with van der Waals surface area (Å²) in [6.45, 7) is 9.15. The molecule has 6 atom stereocenters. The fourth-order valence-electron chi connectivity index (χ4n) is 9.59. The number of piperidine rings is 1. The fraction of sp³-hybridized carbons (Fsp3) is 0.588. The van der Waals surface area contributed by atoms with Gasteiger partial charge in [0.15, 0.2) is 5.75 Å². The van der Waals surface area contributed by atoms with Gasteiger partial charge in [0, 0.05) is 38.8 Å². The number of unbranched alkanes of at least 4 members (excludes halogenated alkanes) is 1. The highest BCUT2D eigenvalue weighted by Crippen LogP contribution is 2.47. The normalized spacial score (nSPS) is 19.9. The highest BCUT2D eigenvalue weighted by Gasteiger charge is 2.52. The van der Waals surface area contributed by atoms with Crippen LogP contribution in [0.2, 0.25) is 10.0 Å². The first-order valence-corrected chi connectivity index (χ1v) is 25.2. The number of hydrogen-bond donors (Lipinski definition) is 1. The lowest BCUT2D eigenvalue weighted by molar-refractivity contribution is -0.790. The molecular formula is C51H66Cl2N4O15. The van der Waals surface area contributed by atoms with Crippen LogP contribution < -0.4 is 14.2 Å². The van der Waals surface area contributed by atoms with Crippen molar-refractivity contribution in [3.05, 3.63) is 107 Å². The number of aryl methyl sites for hydroxylation is 2. The zero-order valence-corrected chi connectivity index (χ0v) is 43.0. The number of ether oxygens (including phenoxy) is 5. The summed E-state index contributed by atoms with van der Waals surface area (Å²) in [5.41, 5.74) is 3.12. The van der Waals surface area contributed by atoms with Gasteiger partial charge in [0.05, 0.1) is 41.1 Å². The fourth-order valence-corrected chi connectivity index (χ4v) is 10.3. The molecule has 1 aliphatic heterocycles. The van der Waals surface area contributed by atoms with E-state index >= 15 is 4.79 Å². The summed E-state index contributed by atoms with van der Waals surface area (Å²) >= 11 is 12.7. The number of carbonyl (C=O) groups excluding carboxylic acids is 2. The number of rotatable bonds is 28. The first kappa shape index (κ1) is 55.5. The summed E-state index contributed by atoms with van der Waals surface area (Å²) in [5.74, 6) is -0.275. The number of hydrogen-bond acceptors (Lipinski definition) is 14. The molecule has 19 nitrogen and oxygen atoms in total. The Hall–Kier alpha value is -5.79. The molecule has 6 rings (SSSR count). The largest absolute Gasteiger partial charge is 0.493 e. The molecule has 3 fully saturated rings. The van der Waals surface area contributed by atoms with E-state index in [-0.39, 0.29) is 75.1 Å². The molecule has 3 aromatic carbocycles. The smallest absolute Gasteiger partial charge is 0.407 e. The van der Waals surface area contributed by atoms with E-state index in [4.69, 9.17) is 46.9 Å². The van der Waals surface area contributed by atoms with Crippen molar-refractivity contribution in [1.82, 2.24) is 9.80 Å². The summed E-state index contributed by atoms with van der Waals surface area (Å²) in [5, 5.41) is 30.6. The second kappa shape index (κ2) is 25.7. The molecule has 21 heteroatoms. The average molecular weight is 1050 g/mol. The summed E-state index contributed by atoms with van der Waals surface area (Å²) in [4.78, 5) is 74.6. The molecule has 3 aliphatic rings. The Balaban J connectivity index is 1.12. The molecule has 2 saturated carbocycles. The van der Waals surface area contributed by atoms with Crippen molar-refractivity contribution < 1.29 is 63.0 Å². The Kier molecular flexibility index (Phi) is 19.8. The lowest BCUT2D eigenvalue weighted by Gasteiger charge is -2.50. The average Bonchev–Trinajstić information content (AvgIpc) is 4.27. The van der Waals surface area contributed by atoms with Gasteiger partial charge in [-0.1, -0.05) is 62.2 Å². The van der Waals surface area contributed by atoms with Crippen molar-refractivity contribution in [2.24, 2.45) is 23.2 Å². The predicted molar refractivity (Wildman–Crippen MR) is 264 cm³/mol. The molecule has 72 heavy (non-hydrogen) atoms. The number of likely N-dealkylation sites (tertiary alicyclic amines) is 1. The van der Waals surface area contributed by atoms with Crippen LogP contribution in [0.25, 0.3) is 0 Å². The number of methoxy groups -OCH3 is 1. The van der Waals surface area contributed by atoms with Crippen molar-refractivity contribution >= 4 is 41.2 Å². The number of halogens is 2. The number of carboxylic acid groups (broad SMARTS) is 1. The molecule has 1 saturated heterocycles. The van der Waals surface area contributed by atoms with Gasteiger partial charge in [0.1, 0.15) is 37.4 Å². The van der Waals surface area contributed by atoms with Crippen LogP contribution >= 0.6 is 23.2 Å². The molecule has 1 heterocycles. The van der Waals surface area contributed by atoms with Crippen LogP contribution in [0.3, 0.4) is 0 Å². The minimum atomic E-state index is -1.13. The third-order valence-electron chi connectivity index (χ3n) is 13.2. The van der Waals surface area contributed by atoms with E-state index in [0.717, 1.165) is 41.5 Å². The number of esters is 1. The Bertz CT molecular complexity index is 2320. The zero-order valence-electron chi connectivity index (χ0n) is 41.5. The molecule has 0 aromatic heterocycles. The van der Waals surface area contributed by atoms with Crippen LogP contribution in [0.1, 0.15) is 100 Å². The summed E-state index contributed by atoms with van der Waals surface area (Å²) in [6.07, 6.45) is 2.77. The minimum absolute atomic E-state index is 0.0141. The van der Waals surface area contributed by atoms with Crippen LogP contribution in [0.4, 0.5) is 4.79 Å². The van der Waals surface area contributed by atoms with Crippen molar-refractivity contribution in [2.45, 2.75) is 116 Å². The maximum Gasteiger partial charge on any atom is 0.407 e. The Labute approximate surface area is 429 Å². The van der Waals surface area contributed by atoms with Crippen molar-refractivity contribution in [3.8, 4) is 17.2 Å². The molecule has 394 valence electrons. The van der Waals surface area contributed by atoms with Crippen LogP contribution in [-0.2, 0) is 41.7 Å². The van der Waals surface area contributed by atoms with Gasteiger partial charge in [-0.2, -0.15) is 0 Å². The molecule has 0 spiro atoms. The highest BCUT2D eigenvalue weighted by molar-refractivity contribution is 6.37. The molecule has 2 amide bonds. The summed E-state index contributed by atoms with van der Waals surface area (Å²) in [7, 11) is 1.65. The molecule has 1 N–H and O–H groups in total. The van der Waals surface area contributed by atoms with Crippen molar-refractivity contribution in [3.63, 3.8) is 0 Å². The van der Waals surface area contributed by atoms with Gasteiger partial charge in [0.2, 0.25) is 5.91 Å². The van der Waals surface area contributed by atoms with Gasteiger partial charge in [-0.3, -0.25) is 9.59 Å². The van der Waals surface area contributed by atoms with E-state index < -0.39 is 46.4 Å². The first-order valence-electron chi connectivity index (χ1n) is 24.4. The van der Waals surface area contributed by atoms with E-state index in [1.54, 1.807) is 19.2 Å². The number of amides is 2. The predicted octanol–water partition coefficient (Wildman–Crippen LogP) is 9.54. The lowest BCUT2D eigenvalue weighted by atomic mass is 9.67. The second-order valence-electron chi connectivity index (χ2n) is 19.9. The Morgan fingerprint density at radius 1 is 0.861 bits per heavy atom. The summed E-state index contributed by atoms with van der Waals surface area (Å²) in [6, 6.07) is 16.5. The minimum Gasteiger partial charge on any atom is -0.493 e. The van der Waals surface area contributed by atoms with Gasteiger partial charge in [-0.05, 0) is 135 Å². The van der Waals surface area contributed by atoms with Gasteiger partial charge in [-0.25, -0.2) is 4.79 Å². The third kappa shape index (κ3) is 16.1. The standard InChI is InChI=1S/C51H66Cl2N4O15/c1-32-23-43(52)46(44(53)24-32)68-22-21-67-38-15-11-35(12-16-38)41-17-18-54(50(60)61)47(51(2,3)4)45(41)48(58)55(37-13-14-37)29-34-25-33(9-8-19-66-5)26-40(27-34)70-30-36-28-42(36)49(59)69-20-7-6-10-39(72-57(64)65)31-71-56(62)63/h11-12,15-16,23-27,36-37,39,41-42,45,47H,6-10,13-14,17-22,28-31H2,1-5H3,(H,60,61)/t36-,39+,41+,42+,45+,47?/m0/s1. The maximum atomic E-state index is 15.5. The quantitative estimate of drug-likeness (QED) is 0.0309. The SMILES string of the molecule is COCCCc1cc(CN(C(=O)[C@H]2C(C(C)(C)C)N(C(=O)O)CC[C@@H]2c2ccc(OCCOc3c(Cl)cc(C)cc3Cl)cc2)C2CC2)cc(OC[C@@H]2C[C@H]2C(=O)OCCCC[C@H](CO[N+](=O)[O-])O[N+](=O)[O-])c1. The maximum absolute atomic E-state index is 15.5. The van der Waals surface area contributed by atoms with Crippen LogP contribution in [0.5, 0.6) is 17.2 Å². The molecule has 2 aliphatic carbocycles. The van der Waals surface area contributed by atoms with Crippen molar-refractivity contribution in [2.75, 3.05) is 53.3 Å². The molecule has 0 radical (unpaired) electrons. The molecular weight excluding hydrogens is 979 g/mol. The number of nitrogens with zero attached hydrogens (tertiary/aromatic N) is 4. The molecule has 3 aromatic rings. The Morgan fingerprint density at radius 3 is 2.19 bits per heavy atom. The Morgan fingerprint density at radius 2 is 1.56 bits per heavy atom. The van der Waals surface area contributed by atoms with E-state index in [9.17, 15) is 34.9 Å². The molecule has 1 unspecified atom stereocenters. The zero-order chi connectivity index (χ0) is 52.1. The van der Waals surface area contributed by atoms with Gasteiger partial charge in [0.25, 0.3) is 10.2 Å². The topological polar surface area (TPSA) is 229 Å². The van der Waals surface area contributed by atoms with Gasteiger partial charge >= 0.3 is 12.1 Å². The molecule has 0 bridgehead atoms. The second-order valence-corrected chi connectivity index (χ2v) is 20.7. The number of benzene rings is 3. The first-order chi connectivity index (χ1) is 34.3. The van der Waals surface area contributed by atoms with Crippen LogP contribution in [0, 0.1) is 50.3 Å². The third-order valence-corrected chi connectivity index (χ3v) is 13.7. The van der Waals surface area contributed by atoms with Crippen LogP contribution in [0.15, 0.2) is 54.6 Å². The van der Waals surface area contributed by atoms with Gasteiger partial charge < -0.3 is 48.3 Å². The number of carbonyl (C=O) groups is 3. The highest BCUT2D eigenvalue weighted by atomic mass is 35.5. The monoisotopic (exact) mass is 1040 g/mol.